The van der Waals surface area contributed by atoms with Crippen LogP contribution >= 0.6 is 11.6 Å². The predicted octanol–water partition coefficient (Wildman–Crippen LogP) is 3.81. The zero-order chi connectivity index (χ0) is 18.4. The van der Waals surface area contributed by atoms with Crippen LogP contribution in [0.4, 0.5) is 11.6 Å². The first kappa shape index (κ1) is 17.7. The summed E-state index contributed by atoms with van der Waals surface area (Å²) >= 11 is 6.08. The topological polar surface area (TPSA) is 76.1 Å². The van der Waals surface area contributed by atoms with E-state index in [4.69, 9.17) is 16.3 Å². The van der Waals surface area contributed by atoms with Gasteiger partial charge < -0.3 is 15.4 Å². The van der Waals surface area contributed by atoms with E-state index >= 15 is 0 Å². The molecule has 7 heteroatoms. The molecule has 132 valence electrons. The number of methoxy groups -OCH3 is 1. The number of carbonyl (C=O) groups excluding carboxylic acids is 1. The minimum atomic E-state index is -0.266. The van der Waals surface area contributed by atoms with Gasteiger partial charge in [-0.15, -0.1) is 0 Å². The fraction of sp³-hybridized carbons (Fsp3) is 0.105. The normalized spacial score (nSPS) is 10.2. The van der Waals surface area contributed by atoms with Gasteiger partial charge in [0.2, 0.25) is 5.95 Å². The Kier molecular flexibility index (Phi) is 5.66. The van der Waals surface area contributed by atoms with Gasteiger partial charge in [-0.1, -0.05) is 35.9 Å². The fourth-order valence-electron chi connectivity index (χ4n) is 2.26. The third-order valence-corrected chi connectivity index (χ3v) is 4.01. The van der Waals surface area contributed by atoms with Crippen molar-refractivity contribution in [2.24, 2.45) is 0 Å². The van der Waals surface area contributed by atoms with E-state index in [0.717, 1.165) is 17.0 Å². The number of hydrogen-bond acceptors (Lipinski definition) is 5. The van der Waals surface area contributed by atoms with E-state index in [-0.39, 0.29) is 5.91 Å². The Morgan fingerprint density at radius 3 is 2.62 bits per heavy atom. The lowest BCUT2D eigenvalue weighted by Crippen LogP contribution is -2.23. The van der Waals surface area contributed by atoms with Crippen molar-refractivity contribution in [3.8, 4) is 5.75 Å². The van der Waals surface area contributed by atoms with Crippen molar-refractivity contribution in [3.05, 3.63) is 77.1 Å². The lowest BCUT2D eigenvalue weighted by Gasteiger charge is -2.08. The number of hydrogen-bond donors (Lipinski definition) is 2. The van der Waals surface area contributed by atoms with Crippen LogP contribution in [0.15, 0.2) is 60.9 Å². The Bertz CT molecular complexity index is 900. The van der Waals surface area contributed by atoms with Crippen LogP contribution in [0.5, 0.6) is 5.75 Å². The van der Waals surface area contributed by atoms with Crippen molar-refractivity contribution in [2.75, 3.05) is 12.4 Å². The van der Waals surface area contributed by atoms with E-state index in [1.54, 1.807) is 13.2 Å². The van der Waals surface area contributed by atoms with Crippen LogP contribution in [0.3, 0.4) is 0 Å². The van der Waals surface area contributed by atoms with E-state index in [0.29, 0.717) is 23.1 Å². The molecule has 0 saturated heterocycles. The zero-order valence-corrected chi connectivity index (χ0v) is 14.8. The van der Waals surface area contributed by atoms with Crippen LogP contribution in [0.25, 0.3) is 0 Å². The highest BCUT2D eigenvalue weighted by molar-refractivity contribution is 6.31. The molecule has 0 atom stereocenters. The Labute approximate surface area is 156 Å². The van der Waals surface area contributed by atoms with Gasteiger partial charge in [0.1, 0.15) is 5.75 Å². The second kappa shape index (κ2) is 8.31. The summed E-state index contributed by atoms with van der Waals surface area (Å²) in [5, 5.41) is 6.47. The molecular formula is C19H17ClN4O2. The van der Waals surface area contributed by atoms with Crippen LogP contribution in [0, 0.1) is 0 Å². The van der Waals surface area contributed by atoms with Gasteiger partial charge in [0.25, 0.3) is 5.91 Å². The molecule has 6 nitrogen and oxygen atoms in total. The van der Waals surface area contributed by atoms with Crippen molar-refractivity contribution in [3.63, 3.8) is 0 Å². The highest BCUT2D eigenvalue weighted by Gasteiger charge is 2.08. The van der Waals surface area contributed by atoms with Gasteiger partial charge in [0.15, 0.2) is 0 Å². The first-order valence-corrected chi connectivity index (χ1v) is 8.28. The average molecular weight is 369 g/mol. The number of halogens is 1. The average Bonchev–Trinajstić information content (AvgIpc) is 2.68. The van der Waals surface area contributed by atoms with E-state index in [1.807, 2.05) is 42.5 Å². The van der Waals surface area contributed by atoms with Crippen LogP contribution in [0.1, 0.15) is 15.9 Å². The van der Waals surface area contributed by atoms with Crippen LogP contribution in [0.2, 0.25) is 5.02 Å². The summed E-state index contributed by atoms with van der Waals surface area (Å²) in [4.78, 5) is 20.6. The first-order valence-electron chi connectivity index (χ1n) is 7.90. The lowest BCUT2D eigenvalue weighted by molar-refractivity contribution is 0.0950. The molecule has 0 aliphatic carbocycles. The molecule has 26 heavy (non-hydrogen) atoms. The van der Waals surface area contributed by atoms with Crippen LogP contribution < -0.4 is 15.4 Å². The summed E-state index contributed by atoms with van der Waals surface area (Å²) in [5.41, 5.74) is 2.01. The number of anilines is 2. The lowest BCUT2D eigenvalue weighted by atomic mass is 10.2. The van der Waals surface area contributed by atoms with E-state index < -0.39 is 0 Å². The van der Waals surface area contributed by atoms with Crippen LogP contribution in [-0.4, -0.2) is 23.0 Å². The predicted molar refractivity (Wildman–Crippen MR) is 101 cm³/mol. The molecule has 2 aromatic carbocycles. The molecule has 0 saturated carbocycles. The zero-order valence-electron chi connectivity index (χ0n) is 14.1. The smallest absolute Gasteiger partial charge is 0.254 e. The molecule has 0 bridgehead atoms. The number of carbonyl (C=O) groups is 1. The van der Waals surface area contributed by atoms with Gasteiger partial charge >= 0.3 is 0 Å². The Hall–Kier alpha value is -3.12. The molecule has 1 aromatic heterocycles. The van der Waals surface area contributed by atoms with Gasteiger partial charge in [0.05, 0.1) is 12.7 Å². The molecule has 0 spiro atoms. The third kappa shape index (κ3) is 4.49. The third-order valence-electron chi connectivity index (χ3n) is 3.64. The van der Waals surface area contributed by atoms with Gasteiger partial charge in [-0.25, -0.2) is 9.97 Å². The maximum atomic E-state index is 12.2. The standard InChI is InChI=1S/C19H17ClN4O2/c1-26-16-7-4-6-15(9-16)24-19-22-11-14(12-23-19)18(25)21-10-13-5-2-3-8-17(13)20/h2-9,11-12H,10H2,1H3,(H,21,25)(H,22,23,24). The summed E-state index contributed by atoms with van der Waals surface area (Å²) in [6.07, 6.45) is 2.94. The molecule has 0 aliphatic heterocycles. The van der Waals surface area contributed by atoms with Gasteiger partial charge in [0, 0.05) is 35.7 Å². The largest absolute Gasteiger partial charge is 0.497 e. The molecule has 0 unspecified atom stereocenters. The number of benzene rings is 2. The molecule has 1 amide bonds. The fourth-order valence-corrected chi connectivity index (χ4v) is 2.46. The Balaban J connectivity index is 1.61. The molecule has 3 aromatic rings. The summed E-state index contributed by atoms with van der Waals surface area (Å²) < 4.78 is 5.17. The van der Waals surface area contributed by atoms with Gasteiger partial charge in [-0.05, 0) is 23.8 Å². The SMILES string of the molecule is COc1cccc(Nc2ncc(C(=O)NCc3ccccc3Cl)cn2)c1. The summed E-state index contributed by atoms with van der Waals surface area (Å²) in [5.74, 6) is 0.851. The molecule has 1 heterocycles. The summed E-state index contributed by atoms with van der Waals surface area (Å²) in [7, 11) is 1.60. The number of aromatic nitrogens is 2. The second-order valence-corrected chi connectivity index (χ2v) is 5.83. The minimum Gasteiger partial charge on any atom is -0.497 e. The van der Waals surface area contributed by atoms with Crippen molar-refractivity contribution in [1.29, 1.82) is 0 Å². The minimum absolute atomic E-state index is 0.266. The van der Waals surface area contributed by atoms with Crippen LogP contribution in [-0.2, 0) is 6.54 Å². The molecule has 2 N–H and O–H groups in total. The Morgan fingerprint density at radius 1 is 1.12 bits per heavy atom. The molecule has 0 fully saturated rings. The maximum Gasteiger partial charge on any atom is 0.254 e. The number of nitrogens with zero attached hydrogens (tertiary/aromatic N) is 2. The second-order valence-electron chi connectivity index (χ2n) is 5.43. The van der Waals surface area contributed by atoms with Gasteiger partial charge in [-0.3, -0.25) is 4.79 Å². The van der Waals surface area contributed by atoms with Crippen molar-refractivity contribution in [2.45, 2.75) is 6.54 Å². The van der Waals surface area contributed by atoms with E-state index in [1.165, 1.54) is 12.4 Å². The quantitative estimate of drug-likeness (QED) is 0.691. The van der Waals surface area contributed by atoms with E-state index in [2.05, 4.69) is 20.6 Å². The highest BCUT2D eigenvalue weighted by atomic mass is 35.5. The number of amides is 1. The first-order chi connectivity index (χ1) is 12.7. The van der Waals surface area contributed by atoms with Crippen molar-refractivity contribution in [1.82, 2.24) is 15.3 Å². The maximum absolute atomic E-state index is 12.2. The monoisotopic (exact) mass is 368 g/mol. The summed E-state index contributed by atoms with van der Waals surface area (Å²) in [6, 6.07) is 14.8. The number of ether oxygens (including phenoxy) is 1. The van der Waals surface area contributed by atoms with E-state index in [9.17, 15) is 4.79 Å². The molecular weight excluding hydrogens is 352 g/mol. The van der Waals surface area contributed by atoms with Crippen molar-refractivity contribution >= 4 is 29.1 Å². The molecule has 0 aliphatic rings. The Morgan fingerprint density at radius 2 is 1.88 bits per heavy atom. The molecule has 0 radical (unpaired) electrons. The van der Waals surface area contributed by atoms with Gasteiger partial charge in [-0.2, -0.15) is 0 Å². The number of rotatable bonds is 6. The van der Waals surface area contributed by atoms with Crippen molar-refractivity contribution < 1.29 is 9.53 Å². The number of nitrogens with one attached hydrogen (secondary N) is 2. The highest BCUT2D eigenvalue weighted by Crippen LogP contribution is 2.19. The summed E-state index contributed by atoms with van der Waals surface area (Å²) in [6.45, 7) is 0.336. The molecule has 3 rings (SSSR count).